The molecule has 114 valence electrons. The molecule has 2 N–H and O–H groups in total. The van der Waals surface area contributed by atoms with Crippen LogP contribution >= 0.6 is 0 Å². The molecular formula is C22H16N2. The van der Waals surface area contributed by atoms with Gasteiger partial charge in [-0.05, 0) is 45.3 Å². The topological polar surface area (TPSA) is 49.8 Å². The molecule has 0 aliphatic rings. The Morgan fingerprint density at radius 1 is 0.917 bits per heavy atom. The van der Waals surface area contributed by atoms with Gasteiger partial charge in [-0.2, -0.15) is 5.26 Å². The molecule has 0 fully saturated rings. The number of nitriles is 1. The summed E-state index contributed by atoms with van der Waals surface area (Å²) in [7, 11) is 0. The predicted octanol–water partition coefficient (Wildman–Crippen LogP) is 5.35. The van der Waals surface area contributed by atoms with Crippen LogP contribution in [0.2, 0.25) is 0 Å². The second-order valence-electron chi connectivity index (χ2n) is 5.92. The normalized spacial score (nSPS) is 13.0. The van der Waals surface area contributed by atoms with Crippen LogP contribution in [-0.2, 0) is 0 Å². The summed E-state index contributed by atoms with van der Waals surface area (Å²) in [5.41, 5.74) is 8.46. The van der Waals surface area contributed by atoms with Gasteiger partial charge in [0.1, 0.15) is 0 Å². The van der Waals surface area contributed by atoms with Gasteiger partial charge in [0.25, 0.3) is 0 Å². The molecule has 4 aromatic carbocycles. The average molecular weight is 308 g/mol. The molecular weight excluding hydrogens is 292 g/mol. The summed E-state index contributed by atoms with van der Waals surface area (Å²) in [5, 5.41) is 16.4. The van der Waals surface area contributed by atoms with Crippen molar-refractivity contribution in [1.29, 1.82) is 5.26 Å². The van der Waals surface area contributed by atoms with E-state index in [2.05, 4.69) is 54.6 Å². The van der Waals surface area contributed by atoms with E-state index < -0.39 is 0 Å². The molecule has 0 saturated carbocycles. The van der Waals surface area contributed by atoms with Crippen LogP contribution < -0.4 is 5.73 Å². The summed E-state index contributed by atoms with van der Waals surface area (Å²) in [4.78, 5) is 0. The van der Waals surface area contributed by atoms with Gasteiger partial charge in [0.15, 0.2) is 0 Å². The van der Waals surface area contributed by atoms with Gasteiger partial charge in [0.05, 0.1) is 6.07 Å². The monoisotopic (exact) mass is 308 g/mol. The van der Waals surface area contributed by atoms with E-state index in [1.165, 1.54) is 26.9 Å². The Morgan fingerprint density at radius 3 is 2.21 bits per heavy atom. The van der Waals surface area contributed by atoms with Crippen LogP contribution in [0.1, 0.15) is 12.5 Å². The summed E-state index contributed by atoms with van der Waals surface area (Å²) < 4.78 is 0. The van der Waals surface area contributed by atoms with Crippen molar-refractivity contribution in [2.45, 2.75) is 6.92 Å². The second-order valence-corrected chi connectivity index (χ2v) is 5.92. The highest BCUT2D eigenvalue weighted by Gasteiger charge is 2.11. The molecule has 0 atom stereocenters. The number of hydrogen-bond acceptors (Lipinski definition) is 2. The van der Waals surface area contributed by atoms with E-state index in [9.17, 15) is 0 Å². The lowest BCUT2D eigenvalue weighted by atomic mass is 9.91. The van der Waals surface area contributed by atoms with E-state index in [0.717, 1.165) is 10.9 Å². The van der Waals surface area contributed by atoms with Crippen LogP contribution in [0, 0.1) is 11.3 Å². The summed E-state index contributed by atoms with van der Waals surface area (Å²) >= 11 is 0. The smallest absolute Gasteiger partial charge is 0.0988 e. The molecule has 0 aliphatic carbocycles. The van der Waals surface area contributed by atoms with Gasteiger partial charge in [-0.15, -0.1) is 0 Å². The Labute approximate surface area is 140 Å². The number of benzene rings is 4. The van der Waals surface area contributed by atoms with Crippen LogP contribution in [0.4, 0.5) is 0 Å². The first-order valence-corrected chi connectivity index (χ1v) is 7.93. The average Bonchev–Trinajstić information content (AvgIpc) is 2.63. The van der Waals surface area contributed by atoms with Crippen molar-refractivity contribution in [2.24, 2.45) is 5.73 Å². The number of nitrogens with two attached hydrogens (primary N) is 1. The van der Waals surface area contributed by atoms with Crippen LogP contribution in [0.15, 0.2) is 72.3 Å². The van der Waals surface area contributed by atoms with Gasteiger partial charge >= 0.3 is 0 Å². The molecule has 0 bridgehead atoms. The third kappa shape index (κ3) is 2.03. The maximum absolute atomic E-state index is 9.14. The van der Waals surface area contributed by atoms with E-state index in [0.29, 0.717) is 11.3 Å². The summed E-state index contributed by atoms with van der Waals surface area (Å²) in [6.45, 7) is 1.84. The Bertz CT molecular complexity index is 1160. The molecule has 0 heterocycles. The first-order chi connectivity index (χ1) is 11.7. The summed E-state index contributed by atoms with van der Waals surface area (Å²) in [5.74, 6) is 0. The standard InChI is InChI=1S/C22H16N2/c1-2-14(13-23)12-20(24)18-10-8-17-7-6-15-4-3-5-16-9-11-19(18)22(17)21(15)16/h2-12H,24H2,1H3/b14-2+,20-12-. The maximum atomic E-state index is 9.14. The van der Waals surface area contributed by atoms with Crippen LogP contribution in [0.3, 0.4) is 0 Å². The first-order valence-electron chi connectivity index (χ1n) is 7.93. The van der Waals surface area contributed by atoms with Gasteiger partial charge in [-0.3, -0.25) is 0 Å². The van der Waals surface area contributed by atoms with Gasteiger partial charge < -0.3 is 5.73 Å². The minimum Gasteiger partial charge on any atom is -0.398 e. The van der Waals surface area contributed by atoms with E-state index >= 15 is 0 Å². The Morgan fingerprint density at radius 2 is 1.54 bits per heavy atom. The van der Waals surface area contributed by atoms with Crippen LogP contribution in [-0.4, -0.2) is 0 Å². The SMILES string of the molecule is C/C=C(C#N)\C=C(/N)c1ccc2ccc3cccc4ccc1c2c34. The van der Waals surface area contributed by atoms with Crippen LogP contribution in [0.25, 0.3) is 38.0 Å². The molecule has 0 aromatic heterocycles. The van der Waals surface area contributed by atoms with Crippen molar-refractivity contribution in [3.05, 3.63) is 77.9 Å². The van der Waals surface area contributed by atoms with E-state index in [-0.39, 0.29) is 0 Å². The molecule has 4 rings (SSSR count). The van der Waals surface area contributed by atoms with Crippen molar-refractivity contribution in [3.8, 4) is 6.07 Å². The molecule has 24 heavy (non-hydrogen) atoms. The maximum Gasteiger partial charge on any atom is 0.0988 e. The summed E-state index contributed by atoms with van der Waals surface area (Å²) in [6.07, 6.45) is 3.51. The van der Waals surface area contributed by atoms with E-state index in [1.807, 2.05) is 13.0 Å². The highest BCUT2D eigenvalue weighted by Crippen LogP contribution is 2.37. The quantitative estimate of drug-likeness (QED) is 0.308. The van der Waals surface area contributed by atoms with E-state index in [4.69, 9.17) is 11.0 Å². The highest BCUT2D eigenvalue weighted by molar-refractivity contribution is 6.24. The van der Waals surface area contributed by atoms with Gasteiger partial charge in [-0.1, -0.05) is 60.7 Å². The Hall–Kier alpha value is -3.31. The van der Waals surface area contributed by atoms with Crippen molar-refractivity contribution in [3.63, 3.8) is 0 Å². The molecule has 0 spiro atoms. The number of hydrogen-bond donors (Lipinski definition) is 1. The van der Waals surface area contributed by atoms with Crippen molar-refractivity contribution in [2.75, 3.05) is 0 Å². The lowest BCUT2D eigenvalue weighted by Crippen LogP contribution is -1.98. The minimum absolute atomic E-state index is 0.568. The Kier molecular flexibility index (Phi) is 3.22. The highest BCUT2D eigenvalue weighted by atomic mass is 14.6. The lowest BCUT2D eigenvalue weighted by Gasteiger charge is -2.14. The third-order valence-corrected chi connectivity index (χ3v) is 4.59. The summed E-state index contributed by atoms with van der Waals surface area (Å²) in [6, 6.07) is 21.2. The van der Waals surface area contributed by atoms with Gasteiger partial charge in [-0.25, -0.2) is 0 Å². The number of nitrogens with zero attached hydrogens (tertiary/aromatic N) is 1. The number of allylic oxidation sites excluding steroid dienone is 3. The van der Waals surface area contributed by atoms with Crippen molar-refractivity contribution < 1.29 is 0 Å². The van der Waals surface area contributed by atoms with Crippen LogP contribution in [0.5, 0.6) is 0 Å². The lowest BCUT2D eigenvalue weighted by molar-refractivity contribution is 1.47. The van der Waals surface area contributed by atoms with Crippen molar-refractivity contribution >= 4 is 38.0 Å². The largest absolute Gasteiger partial charge is 0.398 e. The van der Waals surface area contributed by atoms with Gasteiger partial charge in [0.2, 0.25) is 0 Å². The Balaban J connectivity index is 2.10. The zero-order chi connectivity index (χ0) is 16.7. The number of rotatable bonds is 2. The molecule has 0 radical (unpaired) electrons. The molecule has 4 aromatic rings. The zero-order valence-corrected chi connectivity index (χ0v) is 13.4. The zero-order valence-electron chi connectivity index (χ0n) is 13.4. The molecule has 0 aliphatic heterocycles. The van der Waals surface area contributed by atoms with Crippen molar-refractivity contribution in [1.82, 2.24) is 0 Å². The van der Waals surface area contributed by atoms with Gasteiger partial charge in [0, 0.05) is 16.8 Å². The molecule has 2 heteroatoms. The first kappa shape index (κ1) is 14.3. The molecule has 0 saturated heterocycles. The molecule has 2 nitrogen and oxygen atoms in total. The fraction of sp³-hybridized carbons (Fsp3) is 0.0455. The van der Waals surface area contributed by atoms with E-state index in [1.54, 1.807) is 12.2 Å². The molecule has 0 amide bonds. The second kappa shape index (κ2) is 5.40. The third-order valence-electron chi connectivity index (χ3n) is 4.59. The fourth-order valence-electron chi connectivity index (χ4n) is 3.41. The minimum atomic E-state index is 0.568. The molecule has 0 unspecified atom stereocenters. The fourth-order valence-corrected chi connectivity index (χ4v) is 3.41. The predicted molar refractivity (Wildman–Crippen MR) is 102 cm³/mol.